The van der Waals surface area contributed by atoms with Crippen LogP contribution in [0.3, 0.4) is 0 Å². The van der Waals surface area contributed by atoms with Crippen LogP contribution in [0.1, 0.15) is 56.7 Å². The van der Waals surface area contributed by atoms with Gasteiger partial charge >= 0.3 is 0 Å². The quantitative estimate of drug-likeness (QED) is 0.0340. The number of primary amides is 1. The van der Waals surface area contributed by atoms with Crippen molar-refractivity contribution in [2.75, 3.05) is 6.54 Å². The summed E-state index contributed by atoms with van der Waals surface area (Å²) in [7, 11) is 0. The lowest BCUT2D eigenvalue weighted by Gasteiger charge is -2.27. The van der Waals surface area contributed by atoms with Gasteiger partial charge in [0.15, 0.2) is 5.96 Å². The number of hydrogen-bond acceptors (Lipinski definition) is 7. The van der Waals surface area contributed by atoms with Crippen LogP contribution in [0, 0.1) is 11.7 Å². The maximum atomic E-state index is 14.2. The smallest absolute Gasteiger partial charge is 0.244 e. The molecule has 0 spiro atoms. The summed E-state index contributed by atoms with van der Waals surface area (Å²) < 4.78 is 13.8. The van der Waals surface area contributed by atoms with Gasteiger partial charge < -0.3 is 43.8 Å². The molecule has 0 bridgehead atoms. The van der Waals surface area contributed by atoms with Crippen molar-refractivity contribution < 1.29 is 33.2 Å². The van der Waals surface area contributed by atoms with Gasteiger partial charge in [0.2, 0.25) is 35.4 Å². The average molecular weight is 786 g/mol. The second-order valence-electron chi connectivity index (χ2n) is 13.9. The topological polar surface area (TPSA) is 253 Å². The molecule has 0 saturated carbocycles. The summed E-state index contributed by atoms with van der Waals surface area (Å²) >= 11 is 0. The third-order valence-corrected chi connectivity index (χ3v) is 8.52. The minimum Gasteiger partial charge on any atom is -0.370 e. The molecule has 0 aliphatic carbocycles. The number of benzene rings is 3. The highest BCUT2D eigenvalue weighted by Crippen LogP contribution is 2.16. The van der Waals surface area contributed by atoms with Crippen LogP contribution in [0.25, 0.3) is 6.08 Å². The first kappa shape index (κ1) is 44.8. The van der Waals surface area contributed by atoms with Crippen molar-refractivity contribution in [1.29, 1.82) is 0 Å². The number of nitrogens with one attached hydrogen (secondary N) is 5. The summed E-state index contributed by atoms with van der Waals surface area (Å²) in [6.07, 6.45) is 3.40. The first-order valence-corrected chi connectivity index (χ1v) is 18.5. The normalized spacial score (nSPS) is 13.1. The molecule has 0 fully saturated rings. The van der Waals surface area contributed by atoms with Crippen LogP contribution in [0.5, 0.6) is 0 Å². The zero-order chi connectivity index (χ0) is 41.9. The third kappa shape index (κ3) is 16.8. The molecule has 3 aromatic carbocycles. The molecule has 0 heterocycles. The van der Waals surface area contributed by atoms with E-state index >= 15 is 0 Å². The fourth-order valence-corrected chi connectivity index (χ4v) is 5.70. The zero-order valence-corrected chi connectivity index (χ0v) is 32.3. The van der Waals surface area contributed by atoms with Crippen molar-refractivity contribution in [3.63, 3.8) is 0 Å². The minimum absolute atomic E-state index is 0.0482. The van der Waals surface area contributed by atoms with Gasteiger partial charge in [0.25, 0.3) is 0 Å². The molecule has 6 amide bonds. The predicted octanol–water partition coefficient (Wildman–Crippen LogP) is 1.62. The lowest BCUT2D eigenvalue weighted by Crippen LogP contribution is -2.59. The Bertz CT molecular complexity index is 1880. The molecule has 11 N–H and O–H groups in total. The van der Waals surface area contributed by atoms with Gasteiger partial charge in [-0.1, -0.05) is 68.4 Å². The van der Waals surface area contributed by atoms with E-state index in [2.05, 4.69) is 31.6 Å². The Labute approximate surface area is 331 Å². The fourth-order valence-electron chi connectivity index (χ4n) is 5.70. The number of carbonyl (C=O) groups excluding carboxylic acids is 6. The highest BCUT2D eigenvalue weighted by atomic mass is 19.1. The van der Waals surface area contributed by atoms with E-state index in [0.29, 0.717) is 23.2 Å². The summed E-state index contributed by atoms with van der Waals surface area (Å²) in [5.74, 6) is -4.47. The van der Waals surface area contributed by atoms with Crippen LogP contribution in [0.4, 0.5) is 10.1 Å². The van der Waals surface area contributed by atoms with Crippen LogP contribution in [0.15, 0.2) is 89.9 Å². The number of rotatable bonds is 21. The lowest BCUT2D eigenvalue weighted by molar-refractivity contribution is -0.134. The predicted molar refractivity (Wildman–Crippen MR) is 215 cm³/mol. The molecule has 0 aliphatic rings. The molecule has 15 nitrogen and oxygen atoms in total. The van der Waals surface area contributed by atoms with E-state index < -0.39 is 59.5 Å². The molecule has 0 unspecified atom stereocenters. The zero-order valence-electron chi connectivity index (χ0n) is 32.3. The second kappa shape index (κ2) is 22.7. The Morgan fingerprint density at radius 3 is 1.77 bits per heavy atom. The monoisotopic (exact) mass is 785 g/mol. The van der Waals surface area contributed by atoms with Crippen molar-refractivity contribution in [3.8, 4) is 0 Å². The van der Waals surface area contributed by atoms with Gasteiger partial charge in [0.05, 0.1) is 5.69 Å². The van der Waals surface area contributed by atoms with Crippen LogP contribution >= 0.6 is 0 Å². The first-order chi connectivity index (χ1) is 27.1. The van der Waals surface area contributed by atoms with Crippen LogP contribution in [0.2, 0.25) is 0 Å². The highest BCUT2D eigenvalue weighted by molar-refractivity contribution is 5.98. The van der Waals surface area contributed by atoms with Crippen molar-refractivity contribution >= 4 is 53.2 Å². The molecular weight excluding hydrogens is 734 g/mol. The van der Waals surface area contributed by atoms with Crippen LogP contribution < -0.4 is 43.8 Å². The van der Waals surface area contributed by atoms with E-state index in [0.717, 1.165) is 5.56 Å². The molecule has 57 heavy (non-hydrogen) atoms. The van der Waals surface area contributed by atoms with Crippen LogP contribution in [-0.2, 0) is 41.6 Å². The largest absolute Gasteiger partial charge is 0.370 e. The molecule has 4 atom stereocenters. The van der Waals surface area contributed by atoms with Crippen molar-refractivity contribution in [2.24, 2.45) is 28.1 Å². The number of aliphatic imine (C=N–C) groups is 1. The van der Waals surface area contributed by atoms with Gasteiger partial charge in [-0.15, -0.1) is 0 Å². The van der Waals surface area contributed by atoms with Gasteiger partial charge in [0.1, 0.15) is 30.0 Å². The van der Waals surface area contributed by atoms with Gasteiger partial charge in [-0.05, 0) is 72.2 Å². The molecule has 3 rings (SSSR count). The number of nitrogens with zero attached hydrogens (tertiary/aromatic N) is 1. The summed E-state index contributed by atoms with van der Waals surface area (Å²) in [5.41, 5.74) is 18.9. The summed E-state index contributed by atoms with van der Waals surface area (Å²) in [6.45, 7) is 5.31. The number of guanidine groups is 1. The molecule has 0 aliphatic heterocycles. The van der Waals surface area contributed by atoms with Gasteiger partial charge in [-0.25, -0.2) is 9.38 Å². The standard InChI is InChI=1S/C41H52FN9O6/c1-25(2)22-33(38(55)49-32(37(43)54)10-7-21-46-26(3)52)50-40(57)35(24-29-13-18-31(19-14-29)47-41(44)45)51-39(56)34(23-28-11-16-30(42)17-12-28)48-36(53)20-15-27-8-5-4-6-9-27/h4-6,8-9,11-20,25,32-35H,7,10,21-24H2,1-3H3,(H2,43,54)(H,46,52)(H,48,53)(H,49,55)(H,50,57)(H,51,56)(H4,44,45,47)/b20-15+/t32-,33-,34-,35-/m0/s1. The van der Waals surface area contributed by atoms with E-state index in [-0.39, 0.29) is 50.0 Å². The number of nitrogens with two attached hydrogens (primary N) is 3. The summed E-state index contributed by atoms with van der Waals surface area (Å²) in [6, 6.07) is 16.3. The Hall–Kier alpha value is -6.58. The van der Waals surface area contributed by atoms with E-state index in [4.69, 9.17) is 17.2 Å². The Balaban J connectivity index is 1.91. The van der Waals surface area contributed by atoms with E-state index in [1.165, 1.54) is 37.3 Å². The number of hydrogen-bond donors (Lipinski definition) is 8. The van der Waals surface area contributed by atoms with Gasteiger partial charge in [-0.3, -0.25) is 28.8 Å². The molecule has 304 valence electrons. The second-order valence-corrected chi connectivity index (χ2v) is 13.9. The van der Waals surface area contributed by atoms with E-state index in [1.807, 2.05) is 32.0 Å². The molecule has 0 radical (unpaired) electrons. The number of halogens is 1. The molecule has 3 aromatic rings. The summed E-state index contributed by atoms with van der Waals surface area (Å²) in [4.78, 5) is 82.5. The lowest BCUT2D eigenvalue weighted by atomic mass is 9.99. The SMILES string of the molecule is CC(=O)NCCC[C@H](NC(=O)[C@H](CC(C)C)NC(=O)[C@H](Cc1ccc(N=C(N)N)cc1)NC(=O)[C@H](Cc1ccc(F)cc1)NC(=O)/C=C/c1ccccc1)C(N)=O. The van der Waals surface area contributed by atoms with Crippen molar-refractivity contribution in [3.05, 3.63) is 107 Å². The minimum atomic E-state index is -1.29. The highest BCUT2D eigenvalue weighted by Gasteiger charge is 2.31. The summed E-state index contributed by atoms with van der Waals surface area (Å²) in [5, 5.41) is 13.4. The Kier molecular flexibility index (Phi) is 17.9. The first-order valence-electron chi connectivity index (χ1n) is 18.5. The van der Waals surface area contributed by atoms with Gasteiger partial charge in [-0.2, -0.15) is 0 Å². The van der Waals surface area contributed by atoms with Crippen molar-refractivity contribution in [1.82, 2.24) is 26.6 Å². The van der Waals surface area contributed by atoms with E-state index in [1.54, 1.807) is 42.5 Å². The molecule has 0 aromatic heterocycles. The Morgan fingerprint density at radius 2 is 1.23 bits per heavy atom. The average Bonchev–Trinajstić information content (AvgIpc) is 3.15. The third-order valence-electron chi connectivity index (χ3n) is 8.52. The number of amides is 6. The molecule has 0 saturated heterocycles. The molecular formula is C41H52FN9O6. The van der Waals surface area contributed by atoms with Gasteiger partial charge in [0, 0.05) is 32.4 Å². The van der Waals surface area contributed by atoms with Crippen LogP contribution in [-0.4, -0.2) is 72.1 Å². The molecule has 16 heteroatoms. The maximum Gasteiger partial charge on any atom is 0.244 e. The Morgan fingerprint density at radius 1 is 0.702 bits per heavy atom. The maximum absolute atomic E-state index is 14.2. The van der Waals surface area contributed by atoms with Crippen molar-refractivity contribution in [2.45, 2.75) is 77.0 Å². The van der Waals surface area contributed by atoms with E-state index in [9.17, 15) is 33.2 Å². The fraction of sp³-hybridized carbons (Fsp3) is 0.341. The number of carbonyl (C=O) groups is 6.